The van der Waals surface area contributed by atoms with Crippen molar-refractivity contribution in [2.24, 2.45) is 0 Å². The predicted molar refractivity (Wildman–Crippen MR) is 104 cm³/mol. The molecule has 2 rings (SSSR count). The van der Waals surface area contributed by atoms with E-state index in [2.05, 4.69) is 5.32 Å². The van der Waals surface area contributed by atoms with E-state index in [1.807, 2.05) is 26.0 Å². The standard InChI is InChI=1S/C19H24N2O4S/c1-13-7-6-8-16(11-13)21(26(5,23)24)15(3)19(22)20-17-12-14(2)9-10-18(17)25-4/h6-12,15H,1-5H3,(H,20,22). The molecule has 0 radical (unpaired) electrons. The van der Waals surface area contributed by atoms with E-state index in [0.717, 1.165) is 21.7 Å². The van der Waals surface area contributed by atoms with Crippen molar-refractivity contribution in [1.82, 2.24) is 0 Å². The van der Waals surface area contributed by atoms with Crippen molar-refractivity contribution in [3.63, 3.8) is 0 Å². The summed E-state index contributed by atoms with van der Waals surface area (Å²) in [6, 6.07) is 11.5. The molecule has 1 amide bonds. The number of anilines is 2. The number of amides is 1. The van der Waals surface area contributed by atoms with E-state index in [-0.39, 0.29) is 0 Å². The van der Waals surface area contributed by atoms with Gasteiger partial charge in [-0.2, -0.15) is 0 Å². The number of carbonyl (C=O) groups is 1. The fraction of sp³-hybridized carbons (Fsp3) is 0.316. The Labute approximate surface area is 154 Å². The van der Waals surface area contributed by atoms with E-state index < -0.39 is 22.0 Å². The Hall–Kier alpha value is -2.54. The minimum atomic E-state index is -3.65. The van der Waals surface area contributed by atoms with Crippen molar-refractivity contribution in [2.45, 2.75) is 26.8 Å². The molecule has 0 aliphatic heterocycles. The second-order valence-electron chi connectivity index (χ2n) is 6.27. The van der Waals surface area contributed by atoms with E-state index >= 15 is 0 Å². The number of sulfonamides is 1. The molecular formula is C19H24N2O4S. The largest absolute Gasteiger partial charge is 0.495 e. The van der Waals surface area contributed by atoms with Crippen LogP contribution in [-0.4, -0.2) is 33.7 Å². The molecule has 0 aliphatic carbocycles. The third kappa shape index (κ3) is 4.54. The van der Waals surface area contributed by atoms with Gasteiger partial charge in [0.1, 0.15) is 11.8 Å². The molecule has 0 bridgehead atoms. The van der Waals surface area contributed by atoms with Gasteiger partial charge in [-0.1, -0.05) is 18.2 Å². The summed E-state index contributed by atoms with van der Waals surface area (Å²) in [5.41, 5.74) is 2.81. The van der Waals surface area contributed by atoms with E-state index in [0.29, 0.717) is 17.1 Å². The molecule has 0 saturated heterocycles. The van der Waals surface area contributed by atoms with Gasteiger partial charge in [-0.3, -0.25) is 9.10 Å². The van der Waals surface area contributed by atoms with Crippen molar-refractivity contribution in [3.05, 3.63) is 53.6 Å². The highest BCUT2D eigenvalue weighted by Gasteiger charge is 2.29. The number of nitrogens with one attached hydrogen (secondary N) is 1. The zero-order valence-electron chi connectivity index (χ0n) is 15.6. The first-order valence-electron chi connectivity index (χ1n) is 8.15. The molecule has 6 nitrogen and oxygen atoms in total. The number of carbonyl (C=O) groups excluding carboxylic acids is 1. The van der Waals surface area contributed by atoms with E-state index in [9.17, 15) is 13.2 Å². The number of ether oxygens (including phenoxy) is 1. The van der Waals surface area contributed by atoms with Crippen LogP contribution in [-0.2, 0) is 14.8 Å². The van der Waals surface area contributed by atoms with Crippen molar-refractivity contribution in [3.8, 4) is 5.75 Å². The van der Waals surface area contributed by atoms with E-state index in [4.69, 9.17) is 4.74 Å². The summed E-state index contributed by atoms with van der Waals surface area (Å²) in [4.78, 5) is 12.8. The summed E-state index contributed by atoms with van der Waals surface area (Å²) in [6.45, 7) is 5.32. The topological polar surface area (TPSA) is 75.7 Å². The lowest BCUT2D eigenvalue weighted by atomic mass is 10.2. The maximum absolute atomic E-state index is 12.8. The summed E-state index contributed by atoms with van der Waals surface area (Å²) >= 11 is 0. The van der Waals surface area contributed by atoms with E-state index in [1.165, 1.54) is 7.11 Å². The second kappa shape index (κ2) is 7.78. The molecule has 1 atom stereocenters. The zero-order chi connectivity index (χ0) is 19.5. The first-order chi connectivity index (χ1) is 12.1. The monoisotopic (exact) mass is 376 g/mol. The first kappa shape index (κ1) is 19.8. The molecule has 0 aliphatic rings. The Bertz CT molecular complexity index is 910. The molecule has 140 valence electrons. The summed E-state index contributed by atoms with van der Waals surface area (Å²) in [5.74, 6) is 0.0680. The van der Waals surface area contributed by atoms with E-state index in [1.54, 1.807) is 37.3 Å². The van der Waals surface area contributed by atoms with Crippen LogP contribution in [0.2, 0.25) is 0 Å². The summed E-state index contributed by atoms with van der Waals surface area (Å²) in [5, 5.41) is 2.77. The van der Waals surface area contributed by atoms with Crippen LogP contribution < -0.4 is 14.4 Å². The van der Waals surface area contributed by atoms with Crippen molar-refractivity contribution in [1.29, 1.82) is 0 Å². The van der Waals surface area contributed by atoms with Gasteiger partial charge in [0.2, 0.25) is 15.9 Å². The highest BCUT2D eigenvalue weighted by Crippen LogP contribution is 2.27. The molecule has 0 fully saturated rings. The van der Waals surface area contributed by atoms with Crippen molar-refractivity contribution in [2.75, 3.05) is 23.0 Å². The molecule has 1 unspecified atom stereocenters. The van der Waals surface area contributed by atoms with Crippen LogP contribution in [0.4, 0.5) is 11.4 Å². The van der Waals surface area contributed by atoms with Crippen molar-refractivity contribution >= 4 is 27.3 Å². The molecule has 0 heterocycles. The lowest BCUT2D eigenvalue weighted by molar-refractivity contribution is -0.116. The first-order valence-corrected chi connectivity index (χ1v) is 10.00. The normalized spacial score (nSPS) is 12.3. The smallest absolute Gasteiger partial charge is 0.248 e. The minimum absolute atomic E-state index is 0.444. The number of hydrogen-bond acceptors (Lipinski definition) is 4. The minimum Gasteiger partial charge on any atom is -0.495 e. The van der Waals surface area contributed by atoms with Crippen LogP contribution in [0.5, 0.6) is 5.75 Å². The number of methoxy groups -OCH3 is 1. The molecule has 1 N–H and O–H groups in total. The van der Waals surface area contributed by atoms with Crippen LogP contribution in [0.3, 0.4) is 0 Å². The second-order valence-corrected chi connectivity index (χ2v) is 8.13. The van der Waals surface area contributed by atoms with Gasteiger partial charge in [-0.05, 0) is 56.2 Å². The Kier molecular flexibility index (Phi) is 5.92. The summed E-state index contributed by atoms with van der Waals surface area (Å²) in [6.07, 6.45) is 1.09. The van der Waals surface area contributed by atoms with Gasteiger partial charge in [0.25, 0.3) is 0 Å². The number of hydrogen-bond donors (Lipinski definition) is 1. The van der Waals surface area contributed by atoms with Crippen LogP contribution in [0.25, 0.3) is 0 Å². The predicted octanol–water partition coefficient (Wildman–Crippen LogP) is 3.11. The molecule has 0 spiro atoms. The molecule has 7 heteroatoms. The van der Waals surface area contributed by atoms with Gasteiger partial charge in [-0.25, -0.2) is 8.42 Å². The molecule has 2 aromatic carbocycles. The van der Waals surface area contributed by atoms with Gasteiger partial charge in [-0.15, -0.1) is 0 Å². The number of aryl methyl sites for hydroxylation is 2. The average molecular weight is 376 g/mol. The van der Waals surface area contributed by atoms with Crippen LogP contribution in [0.15, 0.2) is 42.5 Å². The third-order valence-corrected chi connectivity index (χ3v) is 5.20. The van der Waals surface area contributed by atoms with Crippen LogP contribution >= 0.6 is 0 Å². The molecular weight excluding hydrogens is 352 g/mol. The Morgan fingerprint density at radius 3 is 2.35 bits per heavy atom. The number of benzene rings is 2. The molecule has 0 saturated carbocycles. The molecule has 2 aromatic rings. The molecule has 26 heavy (non-hydrogen) atoms. The Balaban J connectivity index is 2.36. The maximum Gasteiger partial charge on any atom is 0.248 e. The van der Waals surface area contributed by atoms with Gasteiger partial charge >= 0.3 is 0 Å². The highest BCUT2D eigenvalue weighted by atomic mass is 32.2. The average Bonchev–Trinajstić information content (AvgIpc) is 2.54. The maximum atomic E-state index is 12.8. The summed E-state index contributed by atoms with van der Waals surface area (Å²) < 4.78 is 31.1. The van der Waals surface area contributed by atoms with Crippen LogP contribution in [0.1, 0.15) is 18.1 Å². The van der Waals surface area contributed by atoms with Gasteiger partial charge in [0.15, 0.2) is 0 Å². The lowest BCUT2D eigenvalue weighted by Gasteiger charge is -2.28. The van der Waals surface area contributed by atoms with Gasteiger partial charge in [0.05, 0.1) is 24.7 Å². The van der Waals surface area contributed by atoms with Crippen LogP contribution in [0, 0.1) is 13.8 Å². The Morgan fingerprint density at radius 2 is 1.77 bits per heavy atom. The number of rotatable bonds is 6. The van der Waals surface area contributed by atoms with Gasteiger partial charge in [0, 0.05) is 0 Å². The third-order valence-electron chi connectivity index (χ3n) is 3.96. The van der Waals surface area contributed by atoms with Crippen molar-refractivity contribution < 1.29 is 17.9 Å². The quantitative estimate of drug-likeness (QED) is 0.840. The molecule has 0 aromatic heterocycles. The lowest BCUT2D eigenvalue weighted by Crippen LogP contribution is -2.45. The zero-order valence-corrected chi connectivity index (χ0v) is 16.4. The Morgan fingerprint density at radius 1 is 1.12 bits per heavy atom. The number of nitrogens with zero attached hydrogens (tertiary/aromatic N) is 1. The fourth-order valence-corrected chi connectivity index (χ4v) is 3.90. The highest BCUT2D eigenvalue weighted by molar-refractivity contribution is 7.92. The SMILES string of the molecule is COc1ccc(C)cc1NC(=O)C(C)N(c1cccc(C)c1)S(C)(=O)=O. The fourth-order valence-electron chi connectivity index (χ4n) is 2.73. The summed E-state index contributed by atoms with van der Waals surface area (Å²) in [7, 11) is -2.14. The van der Waals surface area contributed by atoms with Gasteiger partial charge < -0.3 is 10.1 Å².